The van der Waals surface area contributed by atoms with E-state index < -0.39 is 4.92 Å². The summed E-state index contributed by atoms with van der Waals surface area (Å²) >= 11 is 12.2. The van der Waals surface area contributed by atoms with Gasteiger partial charge in [-0.25, -0.2) is 0 Å². The van der Waals surface area contributed by atoms with E-state index in [0.717, 1.165) is 16.6 Å². The van der Waals surface area contributed by atoms with Crippen LogP contribution in [0.3, 0.4) is 0 Å². The van der Waals surface area contributed by atoms with E-state index in [9.17, 15) is 10.1 Å². The van der Waals surface area contributed by atoms with Crippen molar-refractivity contribution in [3.63, 3.8) is 0 Å². The summed E-state index contributed by atoms with van der Waals surface area (Å²) in [5.41, 5.74) is 1.63. The topological polar surface area (TPSA) is 81.0 Å². The van der Waals surface area contributed by atoms with Gasteiger partial charge in [-0.15, -0.1) is 0 Å². The Bertz CT molecular complexity index is 914. The largest absolute Gasteiger partial charge is 0.454 e. The van der Waals surface area contributed by atoms with E-state index in [1.54, 1.807) is 6.07 Å². The smallest absolute Gasteiger partial charge is 0.272 e. The van der Waals surface area contributed by atoms with Crippen molar-refractivity contribution in [3.05, 3.63) is 56.2 Å². The standard InChI is InChI=1S/C16H13Cl2N3O3/c1-8(2)15-11-7-10(3-4-14(11)19-20-15)24-16-12(17)5-9(21(22)23)6-13(16)18/h3-8H,1-2H3,(H,19,20). The molecule has 6 nitrogen and oxygen atoms in total. The summed E-state index contributed by atoms with van der Waals surface area (Å²) in [6.45, 7) is 4.12. The average Bonchev–Trinajstić information content (AvgIpc) is 2.93. The molecule has 24 heavy (non-hydrogen) atoms. The Morgan fingerprint density at radius 1 is 1.21 bits per heavy atom. The summed E-state index contributed by atoms with van der Waals surface area (Å²) in [5.74, 6) is 0.970. The molecule has 1 N–H and O–H groups in total. The number of ether oxygens (including phenoxy) is 1. The van der Waals surface area contributed by atoms with Gasteiger partial charge in [-0.2, -0.15) is 5.10 Å². The molecule has 0 saturated heterocycles. The van der Waals surface area contributed by atoms with E-state index in [4.69, 9.17) is 27.9 Å². The predicted octanol–water partition coefficient (Wildman–Crippen LogP) is 5.69. The maximum absolute atomic E-state index is 10.8. The van der Waals surface area contributed by atoms with E-state index in [-0.39, 0.29) is 27.4 Å². The lowest BCUT2D eigenvalue weighted by Crippen LogP contribution is -1.92. The number of hydrogen-bond donors (Lipinski definition) is 1. The second-order valence-corrected chi connectivity index (χ2v) is 6.38. The van der Waals surface area contributed by atoms with E-state index in [0.29, 0.717) is 5.75 Å². The number of benzene rings is 2. The minimum atomic E-state index is -0.562. The summed E-state index contributed by atoms with van der Waals surface area (Å²) in [6.07, 6.45) is 0. The van der Waals surface area contributed by atoms with Crippen molar-refractivity contribution in [2.75, 3.05) is 0 Å². The molecule has 0 atom stereocenters. The van der Waals surface area contributed by atoms with Crippen LogP contribution < -0.4 is 4.74 Å². The lowest BCUT2D eigenvalue weighted by molar-refractivity contribution is -0.384. The highest BCUT2D eigenvalue weighted by molar-refractivity contribution is 6.37. The van der Waals surface area contributed by atoms with Crippen molar-refractivity contribution in [2.45, 2.75) is 19.8 Å². The molecule has 3 rings (SSSR count). The van der Waals surface area contributed by atoms with Gasteiger partial charge in [0.15, 0.2) is 5.75 Å². The number of nitro groups is 1. The number of nitro benzene ring substituents is 1. The number of H-pyrrole nitrogens is 1. The second kappa shape index (κ2) is 6.30. The molecule has 3 aromatic rings. The number of nitrogens with zero attached hydrogens (tertiary/aromatic N) is 2. The number of aromatic amines is 1. The molecule has 2 aromatic carbocycles. The fraction of sp³-hybridized carbons (Fsp3) is 0.188. The van der Waals surface area contributed by atoms with Gasteiger partial charge >= 0.3 is 0 Å². The summed E-state index contributed by atoms with van der Waals surface area (Å²) in [7, 11) is 0. The van der Waals surface area contributed by atoms with Gasteiger partial charge in [-0.3, -0.25) is 15.2 Å². The molecule has 0 fully saturated rings. The molecule has 0 spiro atoms. The van der Waals surface area contributed by atoms with Crippen LogP contribution in [0.25, 0.3) is 10.9 Å². The number of aromatic nitrogens is 2. The minimum Gasteiger partial charge on any atom is -0.454 e. The molecule has 1 heterocycles. The molecule has 0 unspecified atom stereocenters. The zero-order chi connectivity index (χ0) is 17.4. The zero-order valence-electron chi connectivity index (χ0n) is 12.8. The van der Waals surface area contributed by atoms with Crippen LogP contribution in [0.2, 0.25) is 10.0 Å². The maximum atomic E-state index is 10.8. The first kappa shape index (κ1) is 16.5. The third kappa shape index (κ3) is 3.02. The molecule has 0 saturated carbocycles. The first-order valence-corrected chi connectivity index (χ1v) is 7.91. The number of non-ortho nitro benzene ring substituents is 1. The predicted molar refractivity (Wildman–Crippen MR) is 93.4 cm³/mol. The van der Waals surface area contributed by atoms with Gasteiger partial charge in [-0.05, 0) is 24.1 Å². The Morgan fingerprint density at radius 3 is 2.46 bits per heavy atom. The fourth-order valence-electron chi connectivity index (χ4n) is 2.38. The first-order chi connectivity index (χ1) is 11.4. The molecule has 0 bridgehead atoms. The lowest BCUT2D eigenvalue weighted by Gasteiger charge is -2.10. The Labute approximate surface area is 147 Å². The Hall–Kier alpha value is -2.31. The number of fused-ring (bicyclic) bond motifs is 1. The van der Waals surface area contributed by atoms with Crippen LogP contribution in [-0.2, 0) is 0 Å². The van der Waals surface area contributed by atoms with Crippen molar-refractivity contribution < 1.29 is 9.66 Å². The van der Waals surface area contributed by atoms with E-state index in [1.165, 1.54) is 12.1 Å². The van der Waals surface area contributed by atoms with Crippen LogP contribution in [0.4, 0.5) is 5.69 Å². The molecule has 8 heteroatoms. The van der Waals surface area contributed by atoms with Crippen molar-refractivity contribution in [2.24, 2.45) is 0 Å². The van der Waals surface area contributed by atoms with Crippen molar-refractivity contribution >= 4 is 39.8 Å². The number of halogens is 2. The monoisotopic (exact) mass is 365 g/mol. The quantitative estimate of drug-likeness (QED) is 0.475. The molecular formula is C16H13Cl2N3O3. The number of nitrogens with one attached hydrogen (secondary N) is 1. The Kier molecular flexibility index (Phi) is 4.34. The molecule has 124 valence electrons. The van der Waals surface area contributed by atoms with Gasteiger partial charge in [-0.1, -0.05) is 37.0 Å². The maximum Gasteiger partial charge on any atom is 0.272 e. The van der Waals surface area contributed by atoms with Crippen LogP contribution in [0.15, 0.2) is 30.3 Å². The lowest BCUT2D eigenvalue weighted by atomic mass is 10.1. The zero-order valence-corrected chi connectivity index (χ0v) is 14.4. The second-order valence-electron chi connectivity index (χ2n) is 5.57. The van der Waals surface area contributed by atoms with E-state index in [2.05, 4.69) is 24.0 Å². The van der Waals surface area contributed by atoms with E-state index in [1.807, 2.05) is 12.1 Å². The third-order valence-electron chi connectivity index (χ3n) is 3.55. The highest BCUT2D eigenvalue weighted by Gasteiger charge is 2.17. The van der Waals surface area contributed by atoms with Gasteiger partial charge in [0, 0.05) is 23.2 Å². The van der Waals surface area contributed by atoms with Crippen LogP contribution in [0.1, 0.15) is 25.5 Å². The Balaban J connectivity index is 2.01. The van der Waals surface area contributed by atoms with Gasteiger partial charge in [0.2, 0.25) is 0 Å². The normalized spacial score (nSPS) is 11.2. The van der Waals surface area contributed by atoms with Crippen LogP contribution in [-0.4, -0.2) is 15.1 Å². The average molecular weight is 366 g/mol. The molecule has 0 amide bonds. The summed E-state index contributed by atoms with van der Waals surface area (Å²) in [6, 6.07) is 7.81. The number of hydrogen-bond acceptors (Lipinski definition) is 4. The minimum absolute atomic E-state index is 0.0746. The van der Waals surface area contributed by atoms with Crippen molar-refractivity contribution in [1.29, 1.82) is 0 Å². The Morgan fingerprint density at radius 2 is 1.88 bits per heavy atom. The SMILES string of the molecule is CC(C)c1[nH]nc2ccc(Oc3c(Cl)cc([N+](=O)[O-])cc3Cl)cc12. The van der Waals surface area contributed by atoms with E-state index >= 15 is 0 Å². The summed E-state index contributed by atoms with van der Waals surface area (Å²) in [4.78, 5) is 10.3. The summed E-state index contributed by atoms with van der Waals surface area (Å²) in [5, 5.41) is 19.2. The molecule has 1 aromatic heterocycles. The molecule has 0 radical (unpaired) electrons. The number of rotatable bonds is 4. The van der Waals surface area contributed by atoms with Crippen LogP contribution in [0.5, 0.6) is 11.5 Å². The van der Waals surface area contributed by atoms with Gasteiger partial charge in [0.25, 0.3) is 5.69 Å². The third-order valence-corrected chi connectivity index (χ3v) is 4.11. The highest BCUT2D eigenvalue weighted by Crippen LogP contribution is 2.40. The molecule has 0 aliphatic rings. The van der Waals surface area contributed by atoms with Crippen LogP contribution in [0, 0.1) is 10.1 Å². The first-order valence-electron chi connectivity index (χ1n) is 7.16. The summed E-state index contributed by atoms with van der Waals surface area (Å²) < 4.78 is 5.76. The van der Waals surface area contributed by atoms with Crippen molar-refractivity contribution in [1.82, 2.24) is 10.2 Å². The van der Waals surface area contributed by atoms with Gasteiger partial charge in [0.1, 0.15) is 5.75 Å². The van der Waals surface area contributed by atoms with Crippen LogP contribution >= 0.6 is 23.2 Å². The molecule has 0 aliphatic carbocycles. The highest BCUT2D eigenvalue weighted by atomic mass is 35.5. The molecule has 0 aliphatic heterocycles. The molecular weight excluding hydrogens is 353 g/mol. The van der Waals surface area contributed by atoms with Gasteiger partial charge in [0.05, 0.1) is 20.5 Å². The van der Waals surface area contributed by atoms with Crippen molar-refractivity contribution in [3.8, 4) is 11.5 Å². The van der Waals surface area contributed by atoms with Gasteiger partial charge < -0.3 is 4.74 Å². The fourth-order valence-corrected chi connectivity index (χ4v) is 2.93.